The van der Waals surface area contributed by atoms with E-state index in [-0.39, 0.29) is 13.0 Å². The van der Waals surface area contributed by atoms with Crippen molar-refractivity contribution in [1.29, 1.82) is 0 Å². The third-order valence-electron chi connectivity index (χ3n) is 5.72. The van der Waals surface area contributed by atoms with Crippen LogP contribution in [-0.2, 0) is 13.2 Å². The number of rotatable bonds is 3. The Morgan fingerprint density at radius 1 is 1.30 bits per heavy atom. The molecule has 2 atom stereocenters. The lowest BCUT2D eigenvalue weighted by Gasteiger charge is -2.39. The molecule has 1 aliphatic heterocycles. The first kappa shape index (κ1) is 22.6. The number of piperidine rings is 1. The van der Waals surface area contributed by atoms with E-state index in [2.05, 4.69) is 20.5 Å². The Morgan fingerprint density at radius 3 is 2.76 bits per heavy atom. The Balaban J connectivity index is 1.45. The van der Waals surface area contributed by atoms with Gasteiger partial charge in [-0.15, -0.1) is 0 Å². The Bertz CT molecular complexity index is 1240. The molecule has 0 spiro atoms. The van der Waals surface area contributed by atoms with Crippen molar-refractivity contribution in [3.8, 4) is 0 Å². The molecule has 0 saturated carbocycles. The molecule has 2 N–H and O–H groups in total. The maximum Gasteiger partial charge on any atom is 0.417 e. The molecule has 33 heavy (non-hydrogen) atoms. The van der Waals surface area contributed by atoms with Crippen molar-refractivity contribution in [3.63, 3.8) is 0 Å². The van der Waals surface area contributed by atoms with E-state index in [0.717, 1.165) is 21.9 Å². The van der Waals surface area contributed by atoms with Gasteiger partial charge in [0.05, 0.1) is 36.2 Å². The van der Waals surface area contributed by atoms with E-state index in [1.807, 2.05) is 6.07 Å². The number of pyridine rings is 2. The summed E-state index contributed by atoms with van der Waals surface area (Å²) in [6.07, 6.45) is -1.99. The molecule has 4 heterocycles. The average Bonchev–Trinajstić information content (AvgIpc) is 3.23. The standard InChI is InChI=1S/C20H21F4N7O2/c1-29-9-12(20(22,23)24)6-15(18(29)32)27-19(33)30(2)16-3-4-31(10-14(16)21)13-5-11-7-26-28-17(11)25-8-13/h5-9,14,16H,3-4,10H2,1-2H3,(H,27,33)(H,25,26,28). The number of urea groups is 1. The van der Waals surface area contributed by atoms with Crippen LogP contribution in [0.25, 0.3) is 11.0 Å². The lowest BCUT2D eigenvalue weighted by molar-refractivity contribution is -0.138. The van der Waals surface area contributed by atoms with Crippen LogP contribution in [0.15, 0.2) is 35.5 Å². The number of amides is 2. The maximum absolute atomic E-state index is 15.0. The molecule has 1 fully saturated rings. The van der Waals surface area contributed by atoms with Crippen LogP contribution in [0.5, 0.6) is 0 Å². The zero-order valence-electron chi connectivity index (χ0n) is 17.7. The van der Waals surface area contributed by atoms with Gasteiger partial charge in [0, 0.05) is 32.2 Å². The van der Waals surface area contributed by atoms with E-state index in [0.29, 0.717) is 30.1 Å². The minimum absolute atomic E-state index is 0.00134. The molecule has 9 nitrogen and oxygen atoms in total. The molecule has 3 aromatic rings. The number of fused-ring (bicyclic) bond motifs is 1. The van der Waals surface area contributed by atoms with Crippen molar-refractivity contribution in [2.24, 2.45) is 7.05 Å². The van der Waals surface area contributed by atoms with Crippen molar-refractivity contribution in [3.05, 3.63) is 46.6 Å². The van der Waals surface area contributed by atoms with Crippen molar-refractivity contribution in [1.82, 2.24) is 24.6 Å². The van der Waals surface area contributed by atoms with Gasteiger partial charge in [0.1, 0.15) is 11.9 Å². The summed E-state index contributed by atoms with van der Waals surface area (Å²) in [5, 5.41) is 9.62. The molecule has 0 bridgehead atoms. The van der Waals surface area contributed by atoms with Gasteiger partial charge in [-0.25, -0.2) is 14.2 Å². The molecular weight excluding hydrogens is 446 g/mol. The first-order valence-corrected chi connectivity index (χ1v) is 10.0. The van der Waals surface area contributed by atoms with Gasteiger partial charge in [0.15, 0.2) is 5.65 Å². The van der Waals surface area contributed by atoms with Gasteiger partial charge < -0.3 is 19.7 Å². The summed E-state index contributed by atoms with van der Waals surface area (Å²) < 4.78 is 54.9. The molecular formula is C20H21F4N7O2. The molecule has 2 unspecified atom stereocenters. The zero-order chi connectivity index (χ0) is 23.9. The van der Waals surface area contributed by atoms with Crippen molar-refractivity contribution >= 4 is 28.4 Å². The van der Waals surface area contributed by atoms with Crippen molar-refractivity contribution in [2.45, 2.75) is 24.8 Å². The van der Waals surface area contributed by atoms with Gasteiger partial charge in [-0.2, -0.15) is 18.3 Å². The molecule has 3 aromatic heterocycles. The van der Waals surface area contributed by atoms with Gasteiger partial charge in [-0.05, 0) is 18.6 Å². The number of carbonyl (C=O) groups is 1. The number of H-pyrrole nitrogens is 1. The highest BCUT2D eigenvalue weighted by atomic mass is 19.4. The minimum Gasteiger partial charge on any atom is -0.367 e. The van der Waals surface area contributed by atoms with Gasteiger partial charge in [0.2, 0.25) is 0 Å². The number of halogens is 4. The number of anilines is 2. The summed E-state index contributed by atoms with van der Waals surface area (Å²) in [4.78, 5) is 31.9. The normalized spacial score (nSPS) is 19.0. The number of nitrogens with zero attached hydrogens (tertiary/aromatic N) is 5. The molecule has 0 radical (unpaired) electrons. The smallest absolute Gasteiger partial charge is 0.367 e. The van der Waals surface area contributed by atoms with Crippen molar-refractivity contribution < 1.29 is 22.4 Å². The van der Waals surface area contributed by atoms with Crippen LogP contribution in [0.1, 0.15) is 12.0 Å². The second-order valence-electron chi connectivity index (χ2n) is 7.92. The van der Waals surface area contributed by atoms with Crippen LogP contribution in [0, 0.1) is 0 Å². The van der Waals surface area contributed by atoms with Crippen LogP contribution >= 0.6 is 0 Å². The highest BCUT2D eigenvalue weighted by Gasteiger charge is 2.35. The number of aromatic nitrogens is 4. The molecule has 0 aliphatic carbocycles. The highest BCUT2D eigenvalue weighted by Crippen LogP contribution is 2.30. The Labute approximate surface area is 185 Å². The highest BCUT2D eigenvalue weighted by molar-refractivity contribution is 5.89. The van der Waals surface area contributed by atoms with Gasteiger partial charge in [-0.3, -0.25) is 9.89 Å². The predicted octanol–water partition coefficient (Wildman–Crippen LogP) is 2.76. The van der Waals surface area contributed by atoms with Crippen LogP contribution < -0.4 is 15.8 Å². The lowest BCUT2D eigenvalue weighted by atomic mass is 10.0. The monoisotopic (exact) mass is 467 g/mol. The number of hydrogen-bond acceptors (Lipinski definition) is 5. The van der Waals surface area contributed by atoms with E-state index in [1.165, 1.54) is 7.05 Å². The fourth-order valence-electron chi connectivity index (χ4n) is 3.87. The van der Waals surface area contributed by atoms with Gasteiger partial charge >= 0.3 is 12.2 Å². The summed E-state index contributed by atoms with van der Waals surface area (Å²) in [5.41, 5.74) is -1.09. The molecule has 0 aromatic carbocycles. The Hall–Kier alpha value is -3.64. The van der Waals surface area contributed by atoms with Crippen molar-refractivity contribution in [2.75, 3.05) is 30.4 Å². The largest absolute Gasteiger partial charge is 0.417 e. The second-order valence-corrected chi connectivity index (χ2v) is 7.92. The van der Waals surface area contributed by atoms with E-state index in [4.69, 9.17) is 0 Å². The van der Waals surface area contributed by atoms with E-state index in [1.54, 1.807) is 17.3 Å². The fraction of sp³-hybridized carbons (Fsp3) is 0.400. The molecule has 1 saturated heterocycles. The summed E-state index contributed by atoms with van der Waals surface area (Å²) >= 11 is 0. The first-order chi connectivity index (χ1) is 15.5. The number of aromatic amines is 1. The van der Waals surface area contributed by atoms with Crippen LogP contribution in [0.3, 0.4) is 0 Å². The third kappa shape index (κ3) is 4.47. The van der Waals surface area contributed by atoms with Crippen LogP contribution in [0.4, 0.5) is 33.7 Å². The van der Waals surface area contributed by atoms with Crippen LogP contribution in [-0.4, -0.2) is 63.0 Å². The van der Waals surface area contributed by atoms with E-state index in [9.17, 15) is 22.8 Å². The topological polar surface area (TPSA) is 99.1 Å². The summed E-state index contributed by atoms with van der Waals surface area (Å²) in [7, 11) is 2.50. The summed E-state index contributed by atoms with van der Waals surface area (Å²) in [5.74, 6) is 0. The molecule has 176 valence electrons. The molecule has 13 heteroatoms. The molecule has 1 aliphatic rings. The number of carbonyl (C=O) groups excluding carboxylic acids is 1. The van der Waals surface area contributed by atoms with Gasteiger partial charge in [-0.1, -0.05) is 0 Å². The number of alkyl halides is 4. The molecule has 2 amide bonds. The quantitative estimate of drug-likeness (QED) is 0.578. The number of nitrogens with one attached hydrogen (secondary N) is 2. The fourth-order valence-corrected chi connectivity index (χ4v) is 3.87. The maximum atomic E-state index is 15.0. The predicted molar refractivity (Wildman–Crippen MR) is 113 cm³/mol. The first-order valence-electron chi connectivity index (χ1n) is 10.0. The SMILES string of the molecule is CN(C(=O)Nc1cc(C(F)(F)F)cn(C)c1=O)C1CCN(c2cnc3[nH]ncc3c2)CC1F. The second kappa shape index (κ2) is 8.37. The van der Waals surface area contributed by atoms with E-state index >= 15 is 4.39 Å². The van der Waals surface area contributed by atoms with Crippen LogP contribution in [0.2, 0.25) is 0 Å². The Kier molecular flexibility index (Phi) is 5.72. The number of aryl methyl sites for hydroxylation is 1. The summed E-state index contributed by atoms with van der Waals surface area (Å²) in [6, 6.07) is 0.719. The Morgan fingerprint density at radius 2 is 2.06 bits per heavy atom. The number of hydrogen-bond donors (Lipinski definition) is 2. The third-order valence-corrected chi connectivity index (χ3v) is 5.72. The van der Waals surface area contributed by atoms with E-state index < -0.39 is 41.2 Å². The van der Waals surface area contributed by atoms with Gasteiger partial charge in [0.25, 0.3) is 5.56 Å². The summed E-state index contributed by atoms with van der Waals surface area (Å²) in [6.45, 7) is 0.428. The zero-order valence-corrected chi connectivity index (χ0v) is 17.7. The lowest BCUT2D eigenvalue weighted by Crippen LogP contribution is -2.54. The minimum atomic E-state index is -4.69. The average molecular weight is 467 g/mol. The molecule has 4 rings (SSSR count).